The normalized spacial score (nSPS) is 17.9. The summed E-state index contributed by atoms with van der Waals surface area (Å²) in [5.74, 6) is 1.29. The summed E-state index contributed by atoms with van der Waals surface area (Å²) in [6.07, 6.45) is 0.310. The van der Waals surface area contributed by atoms with Crippen molar-refractivity contribution in [3.05, 3.63) is 78.5 Å². The molecule has 1 saturated carbocycles. The lowest BCUT2D eigenvalue weighted by molar-refractivity contribution is -0.137. The standard InChI is InChI=1S/C31H27F3N4O/c32-31(33,34)25-9-10-28-27(16-25)36-29(38(28)18-19-12-14-37(17-19)30(39)23-6-7-23)22-4-1-20(2-5-22)24-8-3-21-11-13-35-26(21)15-24/h1-5,8-11,13,15-16,19,23,35H,6-7,12,14,17-18H2/t19-/m0/s1. The molecule has 1 atom stereocenters. The van der Waals surface area contributed by atoms with Crippen LogP contribution in [0.4, 0.5) is 13.2 Å². The molecular weight excluding hydrogens is 501 g/mol. The van der Waals surface area contributed by atoms with E-state index < -0.39 is 11.7 Å². The Morgan fingerprint density at radius 1 is 0.923 bits per heavy atom. The Bertz CT molecular complexity index is 1690. The van der Waals surface area contributed by atoms with Crippen molar-refractivity contribution in [1.82, 2.24) is 19.4 Å². The number of halogens is 3. The SMILES string of the molecule is O=C(C1CC1)N1CC[C@H](Cn2c(-c3ccc(-c4ccc5cc[nH]c5c4)cc3)nc3cc(C(F)(F)F)ccc32)C1. The molecule has 1 saturated heterocycles. The molecule has 0 radical (unpaired) electrons. The monoisotopic (exact) mass is 528 g/mol. The summed E-state index contributed by atoms with van der Waals surface area (Å²) in [5, 5.41) is 1.15. The van der Waals surface area contributed by atoms with Crippen LogP contribution in [0, 0.1) is 11.8 Å². The largest absolute Gasteiger partial charge is 0.416 e. The van der Waals surface area contributed by atoms with E-state index >= 15 is 0 Å². The number of aromatic amines is 1. The minimum absolute atomic E-state index is 0.186. The number of nitrogens with zero attached hydrogens (tertiary/aromatic N) is 3. The number of rotatable bonds is 5. The van der Waals surface area contributed by atoms with Crippen molar-refractivity contribution in [2.45, 2.75) is 32.0 Å². The van der Waals surface area contributed by atoms with Crippen molar-refractivity contribution in [2.75, 3.05) is 13.1 Å². The van der Waals surface area contributed by atoms with Gasteiger partial charge in [0.15, 0.2) is 0 Å². The minimum atomic E-state index is -4.44. The number of hydrogen-bond acceptors (Lipinski definition) is 2. The predicted octanol–water partition coefficient (Wildman–Crippen LogP) is 7.13. The highest BCUT2D eigenvalue weighted by Crippen LogP contribution is 2.36. The summed E-state index contributed by atoms with van der Waals surface area (Å²) in [6.45, 7) is 2.01. The van der Waals surface area contributed by atoms with Gasteiger partial charge in [-0.2, -0.15) is 13.2 Å². The molecule has 5 nitrogen and oxygen atoms in total. The molecule has 3 heterocycles. The first-order chi connectivity index (χ1) is 18.8. The van der Waals surface area contributed by atoms with Crippen LogP contribution in [0.25, 0.3) is 44.5 Å². The molecule has 0 unspecified atom stereocenters. The quantitative estimate of drug-likeness (QED) is 0.264. The van der Waals surface area contributed by atoms with E-state index in [1.165, 1.54) is 6.07 Å². The number of imidazole rings is 1. The number of hydrogen-bond donors (Lipinski definition) is 1. The van der Waals surface area contributed by atoms with E-state index in [0.29, 0.717) is 29.9 Å². The van der Waals surface area contributed by atoms with E-state index in [-0.39, 0.29) is 17.7 Å². The van der Waals surface area contributed by atoms with Gasteiger partial charge in [-0.1, -0.05) is 36.4 Å². The highest BCUT2D eigenvalue weighted by atomic mass is 19.4. The maximum absolute atomic E-state index is 13.5. The lowest BCUT2D eigenvalue weighted by Gasteiger charge is -2.18. The van der Waals surface area contributed by atoms with Gasteiger partial charge in [0.25, 0.3) is 0 Å². The van der Waals surface area contributed by atoms with Gasteiger partial charge < -0.3 is 14.5 Å². The second-order valence-corrected chi connectivity index (χ2v) is 10.8. The summed E-state index contributed by atoms with van der Waals surface area (Å²) in [4.78, 5) is 22.5. The first kappa shape index (κ1) is 24.0. The molecule has 8 heteroatoms. The number of likely N-dealkylation sites (tertiary alicyclic amines) is 1. The Labute approximate surface area is 223 Å². The summed E-state index contributed by atoms with van der Waals surface area (Å²) >= 11 is 0. The lowest BCUT2D eigenvalue weighted by atomic mass is 10.0. The molecule has 1 N–H and O–H groups in total. The van der Waals surface area contributed by atoms with Crippen molar-refractivity contribution in [1.29, 1.82) is 0 Å². The number of fused-ring (bicyclic) bond motifs is 2. The third-order valence-corrected chi connectivity index (χ3v) is 8.07. The number of amides is 1. The van der Waals surface area contributed by atoms with Crippen LogP contribution >= 0.6 is 0 Å². The second-order valence-electron chi connectivity index (χ2n) is 10.8. The topological polar surface area (TPSA) is 53.9 Å². The fourth-order valence-corrected chi connectivity index (χ4v) is 5.78. The molecule has 1 aliphatic heterocycles. The highest BCUT2D eigenvalue weighted by Gasteiger charge is 2.37. The molecule has 0 spiro atoms. The van der Waals surface area contributed by atoms with E-state index in [9.17, 15) is 18.0 Å². The molecular formula is C31H27F3N4O. The number of H-pyrrole nitrogens is 1. The first-order valence-electron chi connectivity index (χ1n) is 13.4. The number of carbonyl (C=O) groups excluding carboxylic acids is 1. The lowest BCUT2D eigenvalue weighted by Crippen LogP contribution is -2.30. The van der Waals surface area contributed by atoms with Gasteiger partial charge >= 0.3 is 6.18 Å². The van der Waals surface area contributed by atoms with Crippen molar-refractivity contribution in [2.24, 2.45) is 11.8 Å². The third-order valence-electron chi connectivity index (χ3n) is 8.07. The Morgan fingerprint density at radius 3 is 2.46 bits per heavy atom. The fraction of sp³-hybridized carbons (Fsp3) is 0.290. The Kier molecular flexibility index (Phi) is 5.54. The van der Waals surface area contributed by atoms with Crippen LogP contribution in [0.15, 0.2) is 72.9 Å². The van der Waals surface area contributed by atoms with Crippen molar-refractivity contribution in [3.63, 3.8) is 0 Å². The number of aromatic nitrogens is 3. The van der Waals surface area contributed by atoms with Crippen LogP contribution in [-0.2, 0) is 17.5 Å². The molecule has 198 valence electrons. The van der Waals surface area contributed by atoms with Gasteiger partial charge in [0.2, 0.25) is 5.91 Å². The maximum atomic E-state index is 13.5. The zero-order valence-corrected chi connectivity index (χ0v) is 21.2. The third kappa shape index (κ3) is 4.47. The van der Waals surface area contributed by atoms with Crippen LogP contribution < -0.4 is 0 Å². The predicted molar refractivity (Wildman–Crippen MR) is 145 cm³/mol. The molecule has 1 aliphatic carbocycles. The number of alkyl halides is 3. The van der Waals surface area contributed by atoms with Crippen molar-refractivity contribution in [3.8, 4) is 22.5 Å². The summed E-state index contributed by atoms with van der Waals surface area (Å²) < 4.78 is 42.4. The second kappa shape index (κ2) is 9.00. The van der Waals surface area contributed by atoms with Crippen LogP contribution in [-0.4, -0.2) is 38.4 Å². The van der Waals surface area contributed by atoms with Crippen molar-refractivity contribution >= 4 is 27.8 Å². The molecule has 2 fully saturated rings. The fourth-order valence-electron chi connectivity index (χ4n) is 5.78. The average molecular weight is 529 g/mol. The molecule has 1 amide bonds. The van der Waals surface area contributed by atoms with E-state index in [0.717, 1.165) is 65.5 Å². The van der Waals surface area contributed by atoms with Gasteiger partial charge in [-0.05, 0) is 72.0 Å². The van der Waals surface area contributed by atoms with Crippen LogP contribution in [0.3, 0.4) is 0 Å². The van der Waals surface area contributed by atoms with E-state index in [1.54, 1.807) is 0 Å². The zero-order valence-electron chi connectivity index (χ0n) is 21.2. The Morgan fingerprint density at radius 2 is 1.69 bits per heavy atom. The number of carbonyl (C=O) groups is 1. The number of nitrogens with one attached hydrogen (secondary N) is 1. The Hall–Kier alpha value is -4.07. The van der Waals surface area contributed by atoms with Crippen LogP contribution in [0.5, 0.6) is 0 Å². The van der Waals surface area contributed by atoms with Crippen molar-refractivity contribution < 1.29 is 18.0 Å². The summed E-state index contributed by atoms with van der Waals surface area (Å²) in [6, 6.07) is 20.1. The molecule has 5 aromatic rings. The van der Waals surface area contributed by atoms with Gasteiger partial charge in [0.1, 0.15) is 5.82 Å². The maximum Gasteiger partial charge on any atom is 0.416 e. The van der Waals surface area contributed by atoms with Gasteiger partial charge in [0.05, 0.1) is 16.6 Å². The number of benzene rings is 3. The molecule has 2 aromatic heterocycles. The summed E-state index contributed by atoms with van der Waals surface area (Å²) in [7, 11) is 0. The minimum Gasteiger partial charge on any atom is -0.361 e. The summed E-state index contributed by atoms with van der Waals surface area (Å²) in [5.41, 5.74) is 4.31. The smallest absolute Gasteiger partial charge is 0.361 e. The Balaban J connectivity index is 1.24. The first-order valence-corrected chi connectivity index (χ1v) is 13.4. The van der Waals surface area contributed by atoms with Gasteiger partial charge in [-0.25, -0.2) is 4.98 Å². The van der Waals surface area contributed by atoms with Crippen LogP contribution in [0.2, 0.25) is 0 Å². The molecule has 2 aliphatic rings. The average Bonchev–Trinajstić information content (AvgIpc) is 3.33. The molecule has 3 aromatic carbocycles. The van der Waals surface area contributed by atoms with E-state index in [4.69, 9.17) is 4.98 Å². The van der Waals surface area contributed by atoms with Gasteiger partial charge in [-0.3, -0.25) is 4.79 Å². The zero-order chi connectivity index (χ0) is 26.7. The molecule has 0 bridgehead atoms. The van der Waals surface area contributed by atoms with Gasteiger partial charge in [-0.15, -0.1) is 0 Å². The molecule has 39 heavy (non-hydrogen) atoms. The molecule has 7 rings (SSSR count). The van der Waals surface area contributed by atoms with Crippen LogP contribution in [0.1, 0.15) is 24.8 Å². The highest BCUT2D eigenvalue weighted by molar-refractivity contribution is 5.86. The van der Waals surface area contributed by atoms with E-state index in [2.05, 4.69) is 23.2 Å². The van der Waals surface area contributed by atoms with E-state index in [1.807, 2.05) is 46.0 Å². The van der Waals surface area contributed by atoms with Gasteiger partial charge in [0, 0.05) is 42.8 Å².